The minimum Gasteiger partial charge on any atom is -0.493 e. The topological polar surface area (TPSA) is 38.7 Å². The fourth-order valence-electron chi connectivity index (χ4n) is 1.99. The zero-order chi connectivity index (χ0) is 15.6. The molecule has 1 atom stereocenters. The van der Waals surface area contributed by atoms with Gasteiger partial charge in [0, 0.05) is 20.6 Å². The summed E-state index contributed by atoms with van der Waals surface area (Å²) in [6.45, 7) is 0. The molecule has 6 heteroatoms. The molecule has 0 aliphatic rings. The Balaban J connectivity index is 2.49. The Morgan fingerprint density at radius 1 is 0.952 bits per heavy atom. The van der Waals surface area contributed by atoms with Crippen molar-refractivity contribution in [1.29, 1.82) is 0 Å². The molecular weight excluding hydrogens is 407 g/mol. The van der Waals surface area contributed by atoms with Crippen LogP contribution in [0.2, 0.25) is 0 Å². The van der Waals surface area contributed by atoms with E-state index in [0.29, 0.717) is 11.3 Å². The second-order valence-corrected chi connectivity index (χ2v) is 6.17. The average molecular weight is 420 g/mol. The first-order valence-corrected chi connectivity index (χ1v) is 7.60. The molecule has 1 unspecified atom stereocenters. The van der Waals surface area contributed by atoms with Crippen LogP contribution in [0.15, 0.2) is 39.3 Å². The van der Waals surface area contributed by atoms with Crippen molar-refractivity contribution < 1.29 is 19.0 Å². The summed E-state index contributed by atoms with van der Waals surface area (Å²) in [5, 5.41) is 10.4. The highest BCUT2D eigenvalue weighted by molar-refractivity contribution is 9.11. The maximum absolute atomic E-state index is 14.2. The van der Waals surface area contributed by atoms with Crippen LogP contribution < -0.4 is 9.47 Å². The monoisotopic (exact) mass is 418 g/mol. The Morgan fingerprint density at radius 2 is 1.48 bits per heavy atom. The van der Waals surface area contributed by atoms with Crippen LogP contribution in [0.4, 0.5) is 4.39 Å². The van der Waals surface area contributed by atoms with Gasteiger partial charge in [-0.25, -0.2) is 4.39 Å². The summed E-state index contributed by atoms with van der Waals surface area (Å²) >= 11 is 6.69. The lowest BCUT2D eigenvalue weighted by Gasteiger charge is -2.16. The summed E-state index contributed by atoms with van der Waals surface area (Å²) in [5.74, 6) is 0.0830. The molecule has 0 spiro atoms. The van der Waals surface area contributed by atoms with E-state index >= 15 is 0 Å². The lowest BCUT2D eigenvalue weighted by Crippen LogP contribution is -2.04. The number of methoxy groups -OCH3 is 2. The molecule has 3 nitrogen and oxygen atoms in total. The van der Waals surface area contributed by atoms with Crippen molar-refractivity contribution in [3.05, 3.63) is 56.2 Å². The molecule has 0 amide bonds. The quantitative estimate of drug-likeness (QED) is 0.795. The largest absolute Gasteiger partial charge is 0.493 e. The van der Waals surface area contributed by atoms with Gasteiger partial charge in [0.2, 0.25) is 0 Å². The van der Waals surface area contributed by atoms with Gasteiger partial charge in [-0.05, 0) is 29.8 Å². The lowest BCUT2D eigenvalue weighted by atomic mass is 10.0. The first-order valence-electron chi connectivity index (χ1n) is 6.01. The van der Waals surface area contributed by atoms with Crippen molar-refractivity contribution in [2.24, 2.45) is 0 Å². The highest BCUT2D eigenvalue weighted by atomic mass is 79.9. The predicted octanol–water partition coefficient (Wildman–Crippen LogP) is 4.45. The highest BCUT2D eigenvalue weighted by Crippen LogP contribution is 2.35. The van der Waals surface area contributed by atoms with Gasteiger partial charge in [-0.2, -0.15) is 0 Å². The average Bonchev–Trinajstić information content (AvgIpc) is 2.45. The molecular formula is C15H13Br2FO3. The summed E-state index contributed by atoms with van der Waals surface area (Å²) < 4.78 is 25.9. The molecule has 0 aliphatic heterocycles. The van der Waals surface area contributed by atoms with Crippen molar-refractivity contribution in [2.75, 3.05) is 14.2 Å². The first kappa shape index (κ1) is 16.3. The number of benzene rings is 2. The van der Waals surface area contributed by atoms with E-state index in [1.54, 1.807) is 12.1 Å². The van der Waals surface area contributed by atoms with Gasteiger partial charge in [-0.3, -0.25) is 0 Å². The van der Waals surface area contributed by atoms with Gasteiger partial charge < -0.3 is 14.6 Å². The van der Waals surface area contributed by atoms with Crippen LogP contribution >= 0.6 is 31.9 Å². The van der Waals surface area contributed by atoms with Crippen molar-refractivity contribution in [2.45, 2.75) is 6.10 Å². The van der Waals surface area contributed by atoms with Gasteiger partial charge in [0.05, 0.1) is 14.2 Å². The normalized spacial score (nSPS) is 12.1. The van der Waals surface area contributed by atoms with E-state index in [1.807, 2.05) is 6.07 Å². The summed E-state index contributed by atoms with van der Waals surface area (Å²) in [6.07, 6.45) is -1.11. The van der Waals surface area contributed by atoms with Crippen molar-refractivity contribution >= 4 is 31.9 Å². The number of rotatable bonds is 4. The van der Waals surface area contributed by atoms with Crippen LogP contribution in [0.25, 0.3) is 0 Å². The Morgan fingerprint density at radius 3 is 2.00 bits per heavy atom. The molecule has 112 valence electrons. The maximum atomic E-state index is 14.2. The van der Waals surface area contributed by atoms with Crippen LogP contribution in [0.1, 0.15) is 17.2 Å². The third-order valence-electron chi connectivity index (χ3n) is 3.00. The van der Waals surface area contributed by atoms with Crippen molar-refractivity contribution in [3.8, 4) is 11.5 Å². The molecule has 0 fully saturated rings. The summed E-state index contributed by atoms with van der Waals surface area (Å²) in [5.41, 5.74) is 0.681. The Labute approximate surface area is 139 Å². The summed E-state index contributed by atoms with van der Waals surface area (Å²) in [6, 6.07) is 7.93. The molecule has 21 heavy (non-hydrogen) atoms. The molecule has 1 N–H and O–H groups in total. The van der Waals surface area contributed by atoms with Crippen LogP contribution in [-0.2, 0) is 0 Å². The first-order chi connectivity index (χ1) is 9.96. The van der Waals surface area contributed by atoms with Crippen LogP contribution in [-0.4, -0.2) is 19.3 Å². The highest BCUT2D eigenvalue weighted by Gasteiger charge is 2.19. The minimum atomic E-state index is -1.11. The molecule has 0 aliphatic carbocycles. The number of hydrogen-bond acceptors (Lipinski definition) is 3. The molecule has 2 aromatic rings. The van der Waals surface area contributed by atoms with E-state index in [9.17, 15) is 9.50 Å². The van der Waals surface area contributed by atoms with Crippen molar-refractivity contribution in [3.63, 3.8) is 0 Å². The van der Waals surface area contributed by atoms with Gasteiger partial charge in [-0.1, -0.05) is 31.9 Å². The van der Waals surface area contributed by atoms with E-state index in [-0.39, 0.29) is 11.3 Å². The molecule has 2 aromatic carbocycles. The predicted molar refractivity (Wildman–Crippen MR) is 85.4 cm³/mol. The molecule has 0 aromatic heterocycles. The Bertz CT molecular complexity index is 641. The summed E-state index contributed by atoms with van der Waals surface area (Å²) in [4.78, 5) is 0. The van der Waals surface area contributed by atoms with Crippen LogP contribution in [0, 0.1) is 5.82 Å². The van der Waals surface area contributed by atoms with E-state index in [4.69, 9.17) is 9.47 Å². The molecule has 0 heterocycles. The lowest BCUT2D eigenvalue weighted by molar-refractivity contribution is 0.213. The van der Waals surface area contributed by atoms with Gasteiger partial charge in [0.1, 0.15) is 11.9 Å². The number of aliphatic hydroxyl groups excluding tert-OH is 1. The molecule has 0 saturated heterocycles. The fraction of sp³-hybridized carbons (Fsp3) is 0.200. The molecule has 2 rings (SSSR count). The standard InChI is InChI=1S/C15H13Br2FO3/c1-20-13-6-11(12(18)7-14(13)21-2)15(19)8-3-9(16)5-10(17)4-8/h3-7,15,19H,1-2H3. The zero-order valence-electron chi connectivity index (χ0n) is 11.4. The van der Waals surface area contributed by atoms with Crippen LogP contribution in [0.5, 0.6) is 11.5 Å². The van der Waals surface area contributed by atoms with Crippen molar-refractivity contribution in [1.82, 2.24) is 0 Å². The third kappa shape index (κ3) is 3.56. The number of hydrogen-bond donors (Lipinski definition) is 1. The third-order valence-corrected chi connectivity index (χ3v) is 3.91. The molecule has 0 radical (unpaired) electrons. The van der Waals surface area contributed by atoms with E-state index < -0.39 is 11.9 Å². The molecule has 0 bridgehead atoms. The minimum absolute atomic E-state index is 0.123. The SMILES string of the molecule is COc1cc(F)c(C(O)c2cc(Br)cc(Br)c2)cc1OC. The number of aliphatic hydroxyl groups is 1. The fourth-order valence-corrected chi connectivity index (χ4v) is 3.32. The smallest absolute Gasteiger partial charge is 0.163 e. The van der Waals surface area contributed by atoms with Gasteiger partial charge >= 0.3 is 0 Å². The van der Waals surface area contributed by atoms with E-state index in [0.717, 1.165) is 8.95 Å². The summed E-state index contributed by atoms with van der Waals surface area (Å²) in [7, 11) is 2.89. The van der Waals surface area contributed by atoms with Gasteiger partial charge in [-0.15, -0.1) is 0 Å². The van der Waals surface area contributed by atoms with Gasteiger partial charge in [0.15, 0.2) is 11.5 Å². The van der Waals surface area contributed by atoms with Crippen LogP contribution in [0.3, 0.4) is 0 Å². The Hall–Kier alpha value is -1.11. The number of ether oxygens (including phenoxy) is 2. The maximum Gasteiger partial charge on any atom is 0.163 e. The Kier molecular flexibility index (Phi) is 5.24. The zero-order valence-corrected chi connectivity index (χ0v) is 14.5. The second kappa shape index (κ2) is 6.77. The number of halogens is 3. The van der Waals surface area contributed by atoms with E-state index in [1.165, 1.54) is 26.4 Å². The molecule has 0 saturated carbocycles. The second-order valence-electron chi connectivity index (χ2n) is 4.33. The van der Waals surface area contributed by atoms with Gasteiger partial charge in [0.25, 0.3) is 0 Å². The van der Waals surface area contributed by atoms with E-state index in [2.05, 4.69) is 31.9 Å².